The lowest BCUT2D eigenvalue weighted by Crippen LogP contribution is -2.23. The van der Waals surface area contributed by atoms with Gasteiger partial charge in [-0.1, -0.05) is 74.5 Å². The Balaban J connectivity index is 0.000000164. The summed E-state index contributed by atoms with van der Waals surface area (Å²) in [7, 11) is 1.50. The minimum atomic E-state index is -0.211. The van der Waals surface area contributed by atoms with Gasteiger partial charge in [-0.15, -0.1) is 0 Å². The van der Waals surface area contributed by atoms with Crippen LogP contribution in [0.2, 0.25) is 5.28 Å². The van der Waals surface area contributed by atoms with E-state index in [9.17, 15) is 9.59 Å². The largest absolute Gasteiger partial charge is 0.468 e. The number of nitrogens with one attached hydrogen (secondary N) is 2. The van der Waals surface area contributed by atoms with Gasteiger partial charge >= 0.3 is 6.01 Å². The highest BCUT2D eigenvalue weighted by atomic mass is 35.5. The number of fused-ring (bicyclic) bond motifs is 2. The fraction of sp³-hybridized carbons (Fsp3) is 0.243. The maximum Gasteiger partial charge on any atom is 0.301 e. The first-order valence-electron chi connectivity index (χ1n) is 17.2. The van der Waals surface area contributed by atoms with Crippen LogP contribution in [0.25, 0.3) is 45.1 Å². The monoisotopic (exact) mass is 732 g/mol. The maximum atomic E-state index is 12.7. The molecule has 0 amide bonds. The van der Waals surface area contributed by atoms with Gasteiger partial charge in [0.1, 0.15) is 11.6 Å². The molecule has 0 saturated heterocycles. The Bertz CT molecular complexity index is 2600. The third kappa shape index (κ3) is 7.51. The van der Waals surface area contributed by atoms with Crippen LogP contribution in [0, 0.1) is 0 Å². The van der Waals surface area contributed by atoms with Gasteiger partial charge in [0.25, 0.3) is 11.1 Å². The number of rotatable bonds is 11. The molecule has 0 aliphatic carbocycles. The van der Waals surface area contributed by atoms with Gasteiger partial charge in [0.15, 0.2) is 22.3 Å². The Hall–Kier alpha value is -6.35. The smallest absolute Gasteiger partial charge is 0.301 e. The number of benzene rings is 2. The van der Waals surface area contributed by atoms with Gasteiger partial charge in [0.2, 0.25) is 5.28 Å². The zero-order chi connectivity index (χ0) is 36.9. The molecule has 15 nitrogen and oxygen atoms in total. The first-order valence-corrected chi connectivity index (χ1v) is 17.6. The van der Waals surface area contributed by atoms with Gasteiger partial charge in [0, 0.05) is 25.5 Å². The first kappa shape index (κ1) is 35.1. The van der Waals surface area contributed by atoms with Crippen molar-refractivity contribution in [3.05, 3.63) is 123 Å². The van der Waals surface area contributed by atoms with Gasteiger partial charge in [-0.25, -0.2) is 9.97 Å². The van der Waals surface area contributed by atoms with E-state index in [0.29, 0.717) is 60.2 Å². The van der Waals surface area contributed by atoms with E-state index in [1.165, 1.54) is 16.2 Å². The van der Waals surface area contributed by atoms with Gasteiger partial charge < -0.3 is 14.7 Å². The minimum absolute atomic E-state index is 0.155. The minimum Gasteiger partial charge on any atom is -0.468 e. The highest BCUT2D eigenvalue weighted by molar-refractivity contribution is 6.28. The number of nitrogens with zero attached hydrogens (tertiary/aromatic N) is 10. The van der Waals surface area contributed by atoms with Crippen LogP contribution >= 0.6 is 11.6 Å². The number of ether oxygens (including phenoxy) is 1. The summed E-state index contributed by atoms with van der Waals surface area (Å²) in [6.45, 7) is 6.35. The van der Waals surface area contributed by atoms with Crippen molar-refractivity contribution in [2.75, 3.05) is 7.11 Å². The molecule has 16 heteroatoms. The molecule has 8 rings (SSSR count). The van der Waals surface area contributed by atoms with Crippen molar-refractivity contribution >= 4 is 33.9 Å². The molecule has 270 valence electrons. The summed E-state index contributed by atoms with van der Waals surface area (Å²) in [4.78, 5) is 48.9. The molecule has 0 aliphatic heterocycles. The predicted molar refractivity (Wildman–Crippen MR) is 202 cm³/mol. The second-order valence-electron chi connectivity index (χ2n) is 12.3. The van der Waals surface area contributed by atoms with Gasteiger partial charge in [-0.3, -0.25) is 28.1 Å². The third-order valence-electron chi connectivity index (χ3n) is 8.41. The van der Waals surface area contributed by atoms with Crippen molar-refractivity contribution in [2.45, 2.75) is 52.9 Å². The van der Waals surface area contributed by atoms with Crippen LogP contribution in [0.5, 0.6) is 6.01 Å². The first-order chi connectivity index (χ1) is 25.8. The summed E-state index contributed by atoms with van der Waals surface area (Å²) in [5, 5.41) is 8.92. The average molecular weight is 733 g/mol. The molecule has 0 atom stereocenters. The van der Waals surface area contributed by atoms with E-state index in [-0.39, 0.29) is 22.4 Å². The van der Waals surface area contributed by atoms with Crippen LogP contribution in [0.15, 0.2) is 95.0 Å². The number of hydrogen-bond acceptors (Lipinski definition) is 9. The lowest BCUT2D eigenvalue weighted by atomic mass is 10.2. The highest BCUT2D eigenvalue weighted by Crippen LogP contribution is 2.21. The number of halogens is 1. The summed E-state index contributed by atoms with van der Waals surface area (Å²) >= 11 is 6.12. The molecule has 0 spiro atoms. The van der Waals surface area contributed by atoms with Gasteiger partial charge in [-0.05, 0) is 35.6 Å². The summed E-state index contributed by atoms with van der Waals surface area (Å²) < 4.78 is 11.9. The van der Waals surface area contributed by atoms with Gasteiger partial charge in [0.05, 0.1) is 43.7 Å². The van der Waals surface area contributed by atoms with Crippen molar-refractivity contribution in [1.82, 2.24) is 58.6 Å². The van der Waals surface area contributed by atoms with Crippen LogP contribution in [-0.4, -0.2) is 65.7 Å². The zero-order valence-electron chi connectivity index (χ0n) is 29.4. The summed E-state index contributed by atoms with van der Waals surface area (Å²) in [5.41, 5.74) is 4.89. The Morgan fingerprint density at radius 2 is 1.13 bits per heavy atom. The standard InChI is InChI=1S/C19H20N6O2.C18H17ClN6O/c1-3-9-25-18(26)15-17(23-19(25)27-2)22-16(21-15)14-10-20-24(12-14)11-13-7-5-4-6-8-13;1-2-8-25-17(26)14-16(23-18(25)19)22-15(21-14)13-9-20-24(11-13)10-12-6-4-3-5-7-12/h4-8,10,12H,3,9,11H2,1-2H3,(H,21,22);3-7,9,11H,2,8,10H2,1H3,(H,21,22). The third-order valence-corrected chi connectivity index (χ3v) is 8.69. The molecular formula is C37H37ClN12O3. The number of hydrogen-bond donors (Lipinski definition) is 2. The molecule has 0 radical (unpaired) electrons. The number of H-pyrrole nitrogens is 2. The van der Waals surface area contributed by atoms with E-state index in [2.05, 4.69) is 52.2 Å². The molecule has 6 aromatic heterocycles. The topological polar surface area (TPSA) is 172 Å². The van der Waals surface area contributed by atoms with Crippen LogP contribution in [0.3, 0.4) is 0 Å². The van der Waals surface area contributed by atoms with Crippen molar-refractivity contribution in [2.24, 2.45) is 0 Å². The molecule has 2 N–H and O–H groups in total. The molecule has 0 unspecified atom stereocenters. The molecule has 2 aromatic carbocycles. The van der Waals surface area contributed by atoms with E-state index >= 15 is 0 Å². The van der Waals surface area contributed by atoms with Gasteiger partial charge in [-0.2, -0.15) is 20.2 Å². The molecule has 0 bridgehead atoms. The maximum absolute atomic E-state index is 12.7. The molecule has 8 aromatic rings. The number of aromatic amines is 2. The number of aromatic nitrogens is 12. The number of imidazole rings is 2. The second-order valence-corrected chi connectivity index (χ2v) is 12.6. The van der Waals surface area contributed by atoms with Crippen molar-refractivity contribution in [3.63, 3.8) is 0 Å². The Morgan fingerprint density at radius 3 is 1.62 bits per heavy atom. The van der Waals surface area contributed by atoms with Crippen LogP contribution in [0.4, 0.5) is 0 Å². The lowest BCUT2D eigenvalue weighted by Gasteiger charge is -2.08. The van der Waals surface area contributed by atoms with Crippen molar-refractivity contribution in [1.29, 1.82) is 0 Å². The van der Waals surface area contributed by atoms with E-state index in [4.69, 9.17) is 16.3 Å². The van der Waals surface area contributed by atoms with E-state index in [1.54, 1.807) is 12.4 Å². The van der Waals surface area contributed by atoms with E-state index < -0.39 is 0 Å². The second kappa shape index (κ2) is 15.5. The molecular weight excluding hydrogens is 696 g/mol. The van der Waals surface area contributed by atoms with E-state index in [1.807, 2.05) is 84.1 Å². The highest BCUT2D eigenvalue weighted by Gasteiger charge is 2.17. The Kier molecular flexibility index (Phi) is 10.2. The summed E-state index contributed by atoms with van der Waals surface area (Å²) in [6, 6.07) is 20.4. The molecule has 0 aliphatic rings. The van der Waals surface area contributed by atoms with E-state index in [0.717, 1.165) is 35.1 Å². The Morgan fingerprint density at radius 1 is 0.660 bits per heavy atom. The quantitative estimate of drug-likeness (QED) is 0.162. The average Bonchev–Trinajstić information content (AvgIpc) is 3.99. The Labute approximate surface area is 307 Å². The fourth-order valence-electron chi connectivity index (χ4n) is 5.88. The van der Waals surface area contributed by atoms with Crippen molar-refractivity contribution in [3.8, 4) is 28.8 Å². The zero-order valence-corrected chi connectivity index (χ0v) is 30.2. The SMILES string of the molecule is CCCn1c(Cl)nc2nc(-c3cnn(Cc4ccccc4)c3)[nH]c2c1=O.CCCn1c(OC)nc2nc(-c3cnn(Cc4ccccc4)c3)[nH]c2c1=O. The summed E-state index contributed by atoms with van der Waals surface area (Å²) in [6.07, 6.45) is 8.81. The van der Waals surface area contributed by atoms with Crippen LogP contribution in [-0.2, 0) is 26.2 Å². The van der Waals surface area contributed by atoms with Crippen LogP contribution < -0.4 is 15.9 Å². The molecule has 6 heterocycles. The molecule has 0 saturated carbocycles. The van der Waals surface area contributed by atoms with Crippen LogP contribution in [0.1, 0.15) is 37.8 Å². The molecule has 0 fully saturated rings. The fourth-order valence-corrected chi connectivity index (χ4v) is 6.12. The summed E-state index contributed by atoms with van der Waals surface area (Å²) in [5.74, 6) is 1.11. The lowest BCUT2D eigenvalue weighted by molar-refractivity contribution is 0.347. The van der Waals surface area contributed by atoms with Crippen molar-refractivity contribution < 1.29 is 4.74 Å². The predicted octanol–water partition coefficient (Wildman–Crippen LogP) is 5.54. The number of methoxy groups -OCH3 is 1. The normalized spacial score (nSPS) is 11.2. The molecule has 53 heavy (non-hydrogen) atoms.